The summed E-state index contributed by atoms with van der Waals surface area (Å²) >= 11 is 0. The molecule has 0 aliphatic heterocycles. The Morgan fingerprint density at radius 1 is 1.06 bits per heavy atom. The molecular weight excluding hydrogens is 233 g/mol. The SMILES string of the molecule is Oc1cccc(-c2ncc(C(F)(F)F)cn2)c1. The van der Waals surface area contributed by atoms with E-state index in [4.69, 9.17) is 0 Å². The first-order valence-electron chi connectivity index (χ1n) is 4.65. The van der Waals surface area contributed by atoms with E-state index in [1.54, 1.807) is 12.1 Å². The van der Waals surface area contributed by atoms with E-state index < -0.39 is 11.7 Å². The lowest BCUT2D eigenvalue weighted by atomic mass is 10.2. The van der Waals surface area contributed by atoms with Gasteiger partial charge in [-0.05, 0) is 12.1 Å². The van der Waals surface area contributed by atoms with Crippen LogP contribution in [0.25, 0.3) is 11.4 Å². The Bertz CT molecular complexity index is 523. The Balaban J connectivity index is 2.36. The smallest absolute Gasteiger partial charge is 0.419 e. The highest BCUT2D eigenvalue weighted by atomic mass is 19.4. The van der Waals surface area contributed by atoms with Crippen LogP contribution in [0.4, 0.5) is 13.2 Å². The summed E-state index contributed by atoms with van der Waals surface area (Å²) in [5, 5.41) is 9.22. The molecule has 1 aromatic heterocycles. The minimum Gasteiger partial charge on any atom is -0.508 e. The number of rotatable bonds is 1. The molecule has 1 aromatic carbocycles. The number of aromatic hydroxyl groups is 1. The maximum atomic E-state index is 12.3. The fourth-order valence-corrected chi connectivity index (χ4v) is 1.27. The van der Waals surface area contributed by atoms with Crippen molar-refractivity contribution in [1.29, 1.82) is 0 Å². The average Bonchev–Trinajstić information content (AvgIpc) is 2.28. The van der Waals surface area contributed by atoms with Gasteiger partial charge in [-0.25, -0.2) is 9.97 Å². The molecule has 6 heteroatoms. The van der Waals surface area contributed by atoms with Crippen molar-refractivity contribution in [2.75, 3.05) is 0 Å². The zero-order valence-electron chi connectivity index (χ0n) is 8.44. The van der Waals surface area contributed by atoms with Crippen molar-refractivity contribution in [2.45, 2.75) is 6.18 Å². The van der Waals surface area contributed by atoms with Gasteiger partial charge in [0.2, 0.25) is 0 Å². The van der Waals surface area contributed by atoms with E-state index in [1.165, 1.54) is 12.1 Å². The van der Waals surface area contributed by atoms with E-state index in [2.05, 4.69) is 9.97 Å². The first kappa shape index (κ1) is 11.4. The second kappa shape index (κ2) is 4.04. The van der Waals surface area contributed by atoms with E-state index in [-0.39, 0.29) is 11.6 Å². The van der Waals surface area contributed by atoms with Crippen LogP contribution >= 0.6 is 0 Å². The molecule has 0 saturated heterocycles. The van der Waals surface area contributed by atoms with E-state index in [1.807, 2.05) is 0 Å². The van der Waals surface area contributed by atoms with Gasteiger partial charge in [-0.3, -0.25) is 0 Å². The third-order valence-corrected chi connectivity index (χ3v) is 2.08. The van der Waals surface area contributed by atoms with Gasteiger partial charge >= 0.3 is 6.18 Å². The molecule has 2 rings (SSSR count). The van der Waals surface area contributed by atoms with E-state index in [9.17, 15) is 18.3 Å². The first-order chi connectivity index (χ1) is 7.97. The van der Waals surface area contributed by atoms with Crippen molar-refractivity contribution in [3.8, 4) is 17.1 Å². The number of phenolic OH excluding ortho intramolecular Hbond substituents is 1. The van der Waals surface area contributed by atoms with Crippen LogP contribution in [-0.4, -0.2) is 15.1 Å². The Kier molecular flexibility index (Phi) is 2.71. The lowest BCUT2D eigenvalue weighted by molar-refractivity contribution is -0.138. The Morgan fingerprint density at radius 3 is 2.24 bits per heavy atom. The van der Waals surface area contributed by atoms with E-state index in [0.29, 0.717) is 18.0 Å². The molecular formula is C11H7F3N2O. The zero-order chi connectivity index (χ0) is 12.5. The second-order valence-electron chi connectivity index (χ2n) is 3.34. The molecule has 3 nitrogen and oxygen atoms in total. The summed E-state index contributed by atoms with van der Waals surface area (Å²) in [7, 11) is 0. The van der Waals surface area contributed by atoms with Gasteiger partial charge in [-0.2, -0.15) is 13.2 Å². The molecule has 1 N–H and O–H groups in total. The van der Waals surface area contributed by atoms with Gasteiger partial charge in [0, 0.05) is 18.0 Å². The van der Waals surface area contributed by atoms with Gasteiger partial charge in [-0.15, -0.1) is 0 Å². The summed E-state index contributed by atoms with van der Waals surface area (Å²) in [5.41, 5.74) is -0.444. The van der Waals surface area contributed by atoms with Gasteiger partial charge in [0.1, 0.15) is 5.75 Å². The molecule has 0 saturated carbocycles. The van der Waals surface area contributed by atoms with Crippen LogP contribution < -0.4 is 0 Å². The van der Waals surface area contributed by atoms with Crippen LogP contribution in [0, 0.1) is 0 Å². The van der Waals surface area contributed by atoms with Crippen LogP contribution in [0.3, 0.4) is 0 Å². The highest BCUT2D eigenvalue weighted by molar-refractivity contribution is 5.56. The molecule has 0 bridgehead atoms. The average molecular weight is 240 g/mol. The molecule has 0 aliphatic rings. The van der Waals surface area contributed by atoms with Crippen LogP contribution in [0.5, 0.6) is 5.75 Å². The molecule has 0 aliphatic carbocycles. The largest absolute Gasteiger partial charge is 0.508 e. The molecule has 1 heterocycles. The normalized spacial score (nSPS) is 11.5. The molecule has 0 spiro atoms. The van der Waals surface area contributed by atoms with Crippen LogP contribution in [0.2, 0.25) is 0 Å². The topological polar surface area (TPSA) is 46.0 Å². The minimum atomic E-state index is -4.45. The maximum Gasteiger partial charge on any atom is 0.419 e. The summed E-state index contributed by atoms with van der Waals surface area (Å²) in [5.74, 6) is 0.139. The van der Waals surface area contributed by atoms with Crippen molar-refractivity contribution in [2.24, 2.45) is 0 Å². The molecule has 0 amide bonds. The van der Waals surface area contributed by atoms with Gasteiger partial charge in [-0.1, -0.05) is 12.1 Å². The van der Waals surface area contributed by atoms with Gasteiger partial charge in [0.15, 0.2) is 5.82 Å². The predicted octanol–water partition coefficient (Wildman–Crippen LogP) is 2.87. The molecule has 2 aromatic rings. The number of aromatic nitrogens is 2. The highest BCUT2D eigenvalue weighted by Crippen LogP contribution is 2.28. The number of hydrogen-bond donors (Lipinski definition) is 1. The third kappa shape index (κ3) is 2.52. The molecule has 17 heavy (non-hydrogen) atoms. The molecule has 0 fully saturated rings. The molecule has 0 radical (unpaired) electrons. The Morgan fingerprint density at radius 2 is 1.71 bits per heavy atom. The summed E-state index contributed by atoms with van der Waals surface area (Å²) in [4.78, 5) is 7.23. The van der Waals surface area contributed by atoms with Crippen molar-refractivity contribution in [3.05, 3.63) is 42.2 Å². The van der Waals surface area contributed by atoms with Crippen LogP contribution in [-0.2, 0) is 6.18 Å². The molecule has 0 unspecified atom stereocenters. The number of halogens is 3. The predicted molar refractivity (Wildman–Crippen MR) is 54.1 cm³/mol. The Labute approximate surface area is 94.6 Å². The van der Waals surface area contributed by atoms with Crippen molar-refractivity contribution < 1.29 is 18.3 Å². The number of nitrogens with zero attached hydrogens (tertiary/aromatic N) is 2. The summed E-state index contributed by atoms with van der Waals surface area (Å²) in [6.07, 6.45) is -3.02. The third-order valence-electron chi connectivity index (χ3n) is 2.08. The van der Waals surface area contributed by atoms with Crippen molar-refractivity contribution in [3.63, 3.8) is 0 Å². The minimum absolute atomic E-state index is 0.00555. The highest BCUT2D eigenvalue weighted by Gasteiger charge is 2.31. The second-order valence-corrected chi connectivity index (χ2v) is 3.34. The maximum absolute atomic E-state index is 12.3. The van der Waals surface area contributed by atoms with E-state index in [0.717, 1.165) is 0 Å². The molecule has 88 valence electrons. The number of benzene rings is 1. The fourth-order valence-electron chi connectivity index (χ4n) is 1.27. The number of hydrogen-bond acceptors (Lipinski definition) is 3. The zero-order valence-corrected chi connectivity index (χ0v) is 8.44. The number of alkyl halides is 3. The lowest BCUT2D eigenvalue weighted by Crippen LogP contribution is -2.06. The summed E-state index contributed by atoms with van der Waals surface area (Å²) < 4.78 is 36.8. The number of phenols is 1. The Hall–Kier alpha value is -2.11. The molecule has 0 atom stereocenters. The first-order valence-corrected chi connectivity index (χ1v) is 4.65. The van der Waals surface area contributed by atoms with Gasteiger partial charge in [0.05, 0.1) is 5.56 Å². The van der Waals surface area contributed by atoms with Crippen LogP contribution in [0.15, 0.2) is 36.7 Å². The lowest BCUT2D eigenvalue weighted by Gasteiger charge is -2.06. The van der Waals surface area contributed by atoms with E-state index >= 15 is 0 Å². The monoisotopic (exact) mass is 240 g/mol. The van der Waals surface area contributed by atoms with Crippen molar-refractivity contribution in [1.82, 2.24) is 9.97 Å². The quantitative estimate of drug-likeness (QED) is 0.833. The summed E-state index contributed by atoms with van der Waals surface area (Å²) in [6, 6.07) is 5.99. The van der Waals surface area contributed by atoms with Gasteiger partial charge < -0.3 is 5.11 Å². The van der Waals surface area contributed by atoms with Gasteiger partial charge in [0.25, 0.3) is 0 Å². The van der Waals surface area contributed by atoms with Crippen molar-refractivity contribution >= 4 is 0 Å². The van der Waals surface area contributed by atoms with Crippen LogP contribution in [0.1, 0.15) is 5.56 Å². The standard InChI is InChI=1S/C11H7F3N2O/c12-11(13,14)8-5-15-10(16-6-8)7-2-1-3-9(17)4-7/h1-6,17H. The fraction of sp³-hybridized carbons (Fsp3) is 0.0909. The summed E-state index contributed by atoms with van der Waals surface area (Å²) in [6.45, 7) is 0.